The maximum Gasteiger partial charge on any atom is 0.201 e. The largest absolute Gasteiger partial charge is 0.370 e. The maximum atomic E-state index is 11.9. The first-order valence-electron chi connectivity index (χ1n) is 4.98. The summed E-state index contributed by atoms with van der Waals surface area (Å²) in [5.41, 5.74) is 0. The van der Waals surface area contributed by atoms with Gasteiger partial charge in [0.1, 0.15) is 6.10 Å². The average Bonchev–Trinajstić information content (AvgIpc) is 2.69. The molecular formula is C11H16O2S. The second-order valence-corrected chi connectivity index (χ2v) is 4.02. The minimum absolute atomic E-state index is 0.128. The number of thiophene rings is 1. The van der Waals surface area contributed by atoms with Crippen LogP contribution in [0.1, 0.15) is 36.4 Å². The van der Waals surface area contributed by atoms with Gasteiger partial charge in [0, 0.05) is 6.61 Å². The number of carbonyl (C=O) groups is 1. The smallest absolute Gasteiger partial charge is 0.201 e. The van der Waals surface area contributed by atoms with Gasteiger partial charge in [-0.2, -0.15) is 0 Å². The number of hydrogen-bond acceptors (Lipinski definition) is 3. The minimum Gasteiger partial charge on any atom is -0.370 e. The van der Waals surface area contributed by atoms with Crippen molar-refractivity contribution >= 4 is 17.1 Å². The molecule has 14 heavy (non-hydrogen) atoms. The number of ether oxygens (including phenoxy) is 1. The fraction of sp³-hybridized carbons (Fsp3) is 0.545. The van der Waals surface area contributed by atoms with Crippen LogP contribution in [-0.4, -0.2) is 18.5 Å². The van der Waals surface area contributed by atoms with Crippen LogP contribution in [0.3, 0.4) is 0 Å². The molecule has 1 unspecified atom stereocenters. The van der Waals surface area contributed by atoms with E-state index in [2.05, 4.69) is 6.92 Å². The molecule has 0 spiro atoms. The van der Waals surface area contributed by atoms with Crippen LogP contribution in [0.2, 0.25) is 0 Å². The summed E-state index contributed by atoms with van der Waals surface area (Å²) in [5.74, 6) is 0.128. The molecule has 78 valence electrons. The van der Waals surface area contributed by atoms with Gasteiger partial charge in [-0.3, -0.25) is 4.79 Å². The van der Waals surface area contributed by atoms with Gasteiger partial charge in [-0.05, 0) is 24.8 Å². The first-order chi connectivity index (χ1) is 6.79. The van der Waals surface area contributed by atoms with Gasteiger partial charge in [0.25, 0.3) is 0 Å². The third-order valence-corrected chi connectivity index (χ3v) is 2.86. The van der Waals surface area contributed by atoms with Gasteiger partial charge in [-0.15, -0.1) is 11.3 Å². The Morgan fingerprint density at radius 3 is 2.86 bits per heavy atom. The first-order valence-corrected chi connectivity index (χ1v) is 5.86. The van der Waals surface area contributed by atoms with Gasteiger partial charge in [-0.25, -0.2) is 0 Å². The van der Waals surface area contributed by atoms with Crippen LogP contribution in [0.5, 0.6) is 0 Å². The Balaban J connectivity index is 2.63. The molecule has 1 heterocycles. The van der Waals surface area contributed by atoms with Crippen LogP contribution in [0.25, 0.3) is 0 Å². The molecule has 1 aromatic heterocycles. The van der Waals surface area contributed by atoms with Gasteiger partial charge >= 0.3 is 0 Å². The number of carbonyl (C=O) groups excluding carboxylic acids is 1. The summed E-state index contributed by atoms with van der Waals surface area (Å²) in [6.07, 6.45) is 1.54. The Morgan fingerprint density at radius 1 is 1.57 bits per heavy atom. The Hall–Kier alpha value is -0.670. The minimum atomic E-state index is -0.247. The van der Waals surface area contributed by atoms with Crippen LogP contribution in [0.15, 0.2) is 17.5 Å². The lowest BCUT2D eigenvalue weighted by Gasteiger charge is -2.13. The van der Waals surface area contributed by atoms with E-state index in [9.17, 15) is 4.79 Å². The van der Waals surface area contributed by atoms with E-state index in [1.807, 2.05) is 24.4 Å². The highest BCUT2D eigenvalue weighted by molar-refractivity contribution is 7.12. The summed E-state index contributed by atoms with van der Waals surface area (Å²) in [6, 6.07) is 3.75. The topological polar surface area (TPSA) is 26.3 Å². The van der Waals surface area contributed by atoms with Crippen LogP contribution < -0.4 is 0 Å². The molecule has 0 bridgehead atoms. The molecule has 0 saturated carbocycles. The molecule has 2 nitrogen and oxygen atoms in total. The second-order valence-electron chi connectivity index (χ2n) is 3.07. The molecule has 0 saturated heterocycles. The first kappa shape index (κ1) is 11.4. The van der Waals surface area contributed by atoms with Crippen LogP contribution in [0.4, 0.5) is 0 Å². The number of rotatable bonds is 6. The molecule has 0 amide bonds. The summed E-state index contributed by atoms with van der Waals surface area (Å²) in [4.78, 5) is 12.7. The fourth-order valence-electron chi connectivity index (χ4n) is 1.33. The average molecular weight is 212 g/mol. The quantitative estimate of drug-likeness (QED) is 0.677. The summed E-state index contributed by atoms with van der Waals surface area (Å²) in [7, 11) is 0. The molecule has 1 rings (SSSR count). The van der Waals surface area contributed by atoms with E-state index in [-0.39, 0.29) is 11.9 Å². The van der Waals surface area contributed by atoms with E-state index in [0.29, 0.717) is 6.61 Å². The van der Waals surface area contributed by atoms with Crippen molar-refractivity contribution in [3.05, 3.63) is 22.4 Å². The zero-order chi connectivity index (χ0) is 10.4. The standard InChI is InChI=1S/C11H16O2S/c1-3-6-9(13-4-2)11(12)10-7-5-8-14-10/h5,7-9H,3-4,6H2,1-2H3. The molecule has 0 aliphatic heterocycles. The molecule has 1 aromatic rings. The Bertz CT molecular complexity index is 261. The summed E-state index contributed by atoms with van der Waals surface area (Å²) < 4.78 is 5.43. The van der Waals surface area contributed by atoms with E-state index >= 15 is 0 Å². The second kappa shape index (κ2) is 5.94. The third kappa shape index (κ3) is 2.93. The molecule has 0 fully saturated rings. The maximum absolute atomic E-state index is 11.9. The zero-order valence-corrected chi connectivity index (χ0v) is 9.47. The van der Waals surface area contributed by atoms with E-state index in [1.165, 1.54) is 11.3 Å². The molecule has 1 atom stereocenters. The van der Waals surface area contributed by atoms with Gasteiger partial charge in [0.05, 0.1) is 4.88 Å². The van der Waals surface area contributed by atoms with E-state index in [4.69, 9.17) is 4.74 Å². The third-order valence-electron chi connectivity index (χ3n) is 1.98. The predicted octanol–water partition coefficient (Wildman–Crippen LogP) is 3.14. The molecule has 0 radical (unpaired) electrons. The SMILES string of the molecule is CCCC(OCC)C(=O)c1cccs1. The molecular weight excluding hydrogens is 196 g/mol. The van der Waals surface area contributed by atoms with Crippen molar-refractivity contribution < 1.29 is 9.53 Å². The van der Waals surface area contributed by atoms with Gasteiger partial charge < -0.3 is 4.74 Å². The van der Waals surface area contributed by atoms with Crippen molar-refractivity contribution in [3.63, 3.8) is 0 Å². The van der Waals surface area contributed by atoms with Crippen molar-refractivity contribution in [2.75, 3.05) is 6.61 Å². The molecule has 0 aliphatic carbocycles. The molecule has 0 aromatic carbocycles. The number of hydrogen-bond donors (Lipinski definition) is 0. The van der Waals surface area contributed by atoms with Gasteiger partial charge in [-0.1, -0.05) is 19.4 Å². The molecule has 3 heteroatoms. The zero-order valence-electron chi connectivity index (χ0n) is 8.66. The van der Waals surface area contributed by atoms with Crippen molar-refractivity contribution in [1.29, 1.82) is 0 Å². The van der Waals surface area contributed by atoms with Gasteiger partial charge in [0.2, 0.25) is 5.78 Å². The predicted molar refractivity (Wildman–Crippen MR) is 59.0 cm³/mol. The van der Waals surface area contributed by atoms with Crippen LogP contribution >= 0.6 is 11.3 Å². The highest BCUT2D eigenvalue weighted by Crippen LogP contribution is 2.15. The summed E-state index contributed by atoms with van der Waals surface area (Å²) in [6.45, 7) is 4.58. The van der Waals surface area contributed by atoms with Crippen molar-refractivity contribution in [2.24, 2.45) is 0 Å². The number of Topliss-reactive ketones (excluding diaryl/α,β-unsaturated/α-hetero) is 1. The summed E-state index contributed by atoms with van der Waals surface area (Å²) >= 11 is 1.48. The van der Waals surface area contributed by atoms with E-state index in [0.717, 1.165) is 17.7 Å². The van der Waals surface area contributed by atoms with Gasteiger partial charge in [0.15, 0.2) is 0 Å². The highest BCUT2D eigenvalue weighted by Gasteiger charge is 2.19. The molecule has 0 N–H and O–H groups in total. The monoisotopic (exact) mass is 212 g/mol. The highest BCUT2D eigenvalue weighted by atomic mass is 32.1. The summed E-state index contributed by atoms with van der Waals surface area (Å²) in [5, 5.41) is 1.92. The van der Waals surface area contributed by atoms with Crippen LogP contribution in [0, 0.1) is 0 Å². The van der Waals surface area contributed by atoms with Crippen molar-refractivity contribution in [1.82, 2.24) is 0 Å². The van der Waals surface area contributed by atoms with Crippen LogP contribution in [-0.2, 0) is 4.74 Å². The Kier molecular flexibility index (Phi) is 4.84. The lowest BCUT2D eigenvalue weighted by Crippen LogP contribution is -2.23. The number of ketones is 1. The Labute approximate surface area is 88.9 Å². The fourth-order valence-corrected chi connectivity index (χ4v) is 2.04. The Morgan fingerprint density at radius 2 is 2.36 bits per heavy atom. The van der Waals surface area contributed by atoms with E-state index in [1.54, 1.807) is 0 Å². The normalized spacial score (nSPS) is 12.7. The lowest BCUT2D eigenvalue weighted by molar-refractivity contribution is 0.0427. The van der Waals surface area contributed by atoms with Crippen molar-refractivity contribution in [2.45, 2.75) is 32.8 Å². The van der Waals surface area contributed by atoms with Crippen molar-refractivity contribution in [3.8, 4) is 0 Å². The molecule has 0 aliphatic rings. The van der Waals surface area contributed by atoms with E-state index < -0.39 is 0 Å². The lowest BCUT2D eigenvalue weighted by atomic mass is 10.1.